The highest BCUT2D eigenvalue weighted by Gasteiger charge is 2.09. The molecule has 15 heavy (non-hydrogen) atoms. The van der Waals surface area contributed by atoms with E-state index in [1.54, 1.807) is 12.1 Å². The Morgan fingerprint density at radius 2 is 2.00 bits per heavy atom. The molecule has 3 nitrogen and oxygen atoms in total. The van der Waals surface area contributed by atoms with E-state index in [4.69, 9.17) is 0 Å². The van der Waals surface area contributed by atoms with Crippen molar-refractivity contribution in [2.75, 3.05) is 0 Å². The summed E-state index contributed by atoms with van der Waals surface area (Å²) in [4.78, 5) is 0. The summed E-state index contributed by atoms with van der Waals surface area (Å²) in [5, 5.41) is 1.94. The second-order valence-corrected chi connectivity index (χ2v) is 3.50. The van der Waals surface area contributed by atoms with Gasteiger partial charge in [0.2, 0.25) is 0 Å². The molecule has 2 N–H and O–H groups in total. The lowest BCUT2D eigenvalue weighted by molar-refractivity contribution is 0.262. The molecule has 0 aliphatic carbocycles. The van der Waals surface area contributed by atoms with Gasteiger partial charge in [-0.15, -0.1) is 5.53 Å². The molecule has 4 heteroatoms. The van der Waals surface area contributed by atoms with Gasteiger partial charge in [-0.2, -0.15) is 0 Å². The van der Waals surface area contributed by atoms with Gasteiger partial charge < -0.3 is 5.43 Å². The van der Waals surface area contributed by atoms with Crippen molar-refractivity contribution in [1.29, 1.82) is 0 Å². The van der Waals surface area contributed by atoms with Crippen molar-refractivity contribution in [1.82, 2.24) is 16.0 Å². The number of hydrogen-bond donors (Lipinski definition) is 2. The quantitative estimate of drug-likeness (QED) is 0.792. The molecule has 80 valence electrons. The topological polar surface area (TPSA) is 27.3 Å². The molecule has 0 fully saturated rings. The number of hydrogen-bond acceptors (Lipinski definition) is 3. The molecule has 0 spiro atoms. The van der Waals surface area contributed by atoms with Gasteiger partial charge in [0.15, 0.2) is 0 Å². The fourth-order valence-corrected chi connectivity index (χ4v) is 1.45. The summed E-state index contributed by atoms with van der Waals surface area (Å²) in [6, 6.07) is 6.52. The van der Waals surface area contributed by atoms with Crippen molar-refractivity contribution in [2.24, 2.45) is 0 Å². The highest BCUT2D eigenvalue weighted by Crippen LogP contribution is 2.09. The third-order valence-corrected chi connectivity index (χ3v) is 2.32. The zero-order chi connectivity index (χ0) is 10.7. The Bertz CT molecular complexity index is 359. The Morgan fingerprint density at radius 1 is 1.27 bits per heavy atom. The maximum atomic E-state index is 12.7. The van der Waals surface area contributed by atoms with Gasteiger partial charge in [-0.05, 0) is 24.1 Å². The Kier molecular flexibility index (Phi) is 2.87. The molecule has 1 aliphatic rings. The largest absolute Gasteiger partial charge is 0.306 e. The van der Waals surface area contributed by atoms with Crippen LogP contribution in [0.1, 0.15) is 18.9 Å². The van der Waals surface area contributed by atoms with Crippen LogP contribution in [0.3, 0.4) is 0 Å². The number of nitrogens with one attached hydrogen (secondary N) is 2. The molecule has 0 atom stereocenters. The number of benzene rings is 1. The molecule has 0 unspecified atom stereocenters. The van der Waals surface area contributed by atoms with Crippen molar-refractivity contribution < 1.29 is 4.39 Å². The second kappa shape index (κ2) is 4.31. The van der Waals surface area contributed by atoms with E-state index in [1.165, 1.54) is 12.1 Å². The lowest BCUT2D eigenvalue weighted by Crippen LogP contribution is -2.35. The van der Waals surface area contributed by atoms with Gasteiger partial charge in [-0.3, -0.25) is 5.01 Å². The van der Waals surface area contributed by atoms with Crippen molar-refractivity contribution in [3.05, 3.63) is 47.5 Å². The summed E-state index contributed by atoms with van der Waals surface area (Å²) in [5.74, 6) is -0.198. The monoisotopic (exact) mass is 207 g/mol. The number of halogens is 1. The first-order chi connectivity index (χ1) is 7.28. The zero-order valence-electron chi connectivity index (χ0n) is 8.63. The lowest BCUT2D eigenvalue weighted by Gasteiger charge is -2.14. The summed E-state index contributed by atoms with van der Waals surface area (Å²) in [5.41, 5.74) is 8.29. The van der Waals surface area contributed by atoms with Gasteiger partial charge in [0.05, 0.1) is 6.54 Å². The number of rotatable bonds is 3. The number of hydrazine groups is 2. The predicted octanol–water partition coefficient (Wildman–Crippen LogP) is 1.90. The molecule has 2 rings (SSSR count). The van der Waals surface area contributed by atoms with Crippen LogP contribution in [-0.4, -0.2) is 5.01 Å². The molecule has 1 aromatic rings. The van der Waals surface area contributed by atoms with E-state index in [-0.39, 0.29) is 5.82 Å². The Labute approximate surface area is 88.5 Å². The van der Waals surface area contributed by atoms with E-state index < -0.39 is 0 Å². The fraction of sp³-hybridized carbons (Fsp3) is 0.273. The Hall–Kier alpha value is -1.55. The minimum atomic E-state index is -0.198. The van der Waals surface area contributed by atoms with E-state index in [2.05, 4.69) is 17.9 Å². The van der Waals surface area contributed by atoms with Crippen molar-refractivity contribution in [3.63, 3.8) is 0 Å². The fourth-order valence-electron chi connectivity index (χ4n) is 1.45. The zero-order valence-corrected chi connectivity index (χ0v) is 8.63. The first-order valence-corrected chi connectivity index (χ1v) is 5.01. The molecular formula is C11H14FN3. The highest BCUT2D eigenvalue weighted by atomic mass is 19.1. The maximum absolute atomic E-state index is 12.7. The first kappa shape index (κ1) is 9.98. The standard InChI is InChI=1S/C11H14FN3/c1-2-11-8-15(14-13-11)7-9-3-5-10(12)6-4-9/h3-6,8,13-14H,2,7H2,1H3. The molecule has 1 aromatic carbocycles. The summed E-state index contributed by atoms with van der Waals surface area (Å²) in [7, 11) is 0. The van der Waals surface area contributed by atoms with Crippen molar-refractivity contribution in [3.8, 4) is 0 Å². The van der Waals surface area contributed by atoms with Crippen LogP contribution in [0.15, 0.2) is 36.2 Å². The molecule has 1 heterocycles. The summed E-state index contributed by atoms with van der Waals surface area (Å²) in [6.07, 6.45) is 2.98. The summed E-state index contributed by atoms with van der Waals surface area (Å²) >= 11 is 0. The van der Waals surface area contributed by atoms with Crippen LogP contribution in [0.25, 0.3) is 0 Å². The summed E-state index contributed by atoms with van der Waals surface area (Å²) in [6.45, 7) is 2.80. The summed E-state index contributed by atoms with van der Waals surface area (Å²) < 4.78 is 12.7. The third kappa shape index (κ3) is 2.47. The van der Waals surface area contributed by atoms with Gasteiger partial charge in [-0.25, -0.2) is 4.39 Å². The molecule has 0 radical (unpaired) electrons. The smallest absolute Gasteiger partial charge is 0.123 e. The molecular weight excluding hydrogens is 193 g/mol. The van der Waals surface area contributed by atoms with E-state index in [9.17, 15) is 4.39 Å². The highest BCUT2D eigenvalue weighted by molar-refractivity contribution is 5.16. The lowest BCUT2D eigenvalue weighted by atomic mass is 10.2. The molecule has 0 aromatic heterocycles. The van der Waals surface area contributed by atoms with Crippen LogP contribution >= 0.6 is 0 Å². The van der Waals surface area contributed by atoms with Crippen LogP contribution in [-0.2, 0) is 6.54 Å². The van der Waals surface area contributed by atoms with E-state index in [0.717, 1.165) is 24.2 Å². The van der Waals surface area contributed by atoms with Crippen LogP contribution < -0.4 is 11.0 Å². The average Bonchev–Trinajstić information content (AvgIpc) is 2.69. The predicted molar refractivity (Wildman–Crippen MR) is 56.6 cm³/mol. The Morgan fingerprint density at radius 3 is 2.60 bits per heavy atom. The van der Waals surface area contributed by atoms with E-state index in [1.807, 2.05) is 11.2 Å². The minimum absolute atomic E-state index is 0.198. The minimum Gasteiger partial charge on any atom is -0.306 e. The van der Waals surface area contributed by atoms with Gasteiger partial charge in [-0.1, -0.05) is 19.1 Å². The van der Waals surface area contributed by atoms with Crippen LogP contribution in [0.2, 0.25) is 0 Å². The first-order valence-electron chi connectivity index (χ1n) is 5.01. The SMILES string of the molecule is CCC1=CN(Cc2ccc(F)cc2)NN1. The van der Waals surface area contributed by atoms with Crippen molar-refractivity contribution in [2.45, 2.75) is 19.9 Å². The van der Waals surface area contributed by atoms with E-state index in [0.29, 0.717) is 0 Å². The van der Waals surface area contributed by atoms with Gasteiger partial charge in [0, 0.05) is 11.9 Å². The number of allylic oxidation sites excluding steroid dienone is 1. The van der Waals surface area contributed by atoms with Gasteiger partial charge in [0.25, 0.3) is 0 Å². The molecule has 0 bridgehead atoms. The average molecular weight is 207 g/mol. The molecule has 0 saturated heterocycles. The molecule has 0 amide bonds. The Balaban J connectivity index is 1.98. The molecule has 1 aliphatic heterocycles. The van der Waals surface area contributed by atoms with Crippen LogP contribution in [0.5, 0.6) is 0 Å². The maximum Gasteiger partial charge on any atom is 0.123 e. The van der Waals surface area contributed by atoms with Crippen molar-refractivity contribution >= 4 is 0 Å². The van der Waals surface area contributed by atoms with Gasteiger partial charge in [0.1, 0.15) is 5.82 Å². The number of nitrogens with zero attached hydrogens (tertiary/aromatic N) is 1. The second-order valence-electron chi connectivity index (χ2n) is 3.50. The van der Waals surface area contributed by atoms with Crippen LogP contribution in [0, 0.1) is 5.82 Å². The molecule has 0 saturated carbocycles. The third-order valence-electron chi connectivity index (χ3n) is 2.32. The van der Waals surface area contributed by atoms with E-state index >= 15 is 0 Å². The normalized spacial score (nSPS) is 15.1. The van der Waals surface area contributed by atoms with Crippen LogP contribution in [0.4, 0.5) is 4.39 Å². The van der Waals surface area contributed by atoms with Gasteiger partial charge >= 0.3 is 0 Å².